The topological polar surface area (TPSA) is 91.8 Å². The van der Waals surface area contributed by atoms with E-state index >= 15 is 0 Å². The van der Waals surface area contributed by atoms with Crippen molar-refractivity contribution in [3.8, 4) is 5.75 Å². The maximum Gasteiger partial charge on any atom is 0.261 e. The largest absolute Gasteiger partial charge is 0.493 e. The van der Waals surface area contributed by atoms with Crippen molar-refractivity contribution in [1.29, 1.82) is 0 Å². The zero-order valence-corrected chi connectivity index (χ0v) is 24.3. The second-order valence-corrected chi connectivity index (χ2v) is 12.7. The van der Waals surface area contributed by atoms with Gasteiger partial charge < -0.3 is 19.9 Å². The Hall–Kier alpha value is -2.17. The number of fused-ring (bicyclic) bond motifs is 1. The molecule has 2 fully saturated rings. The van der Waals surface area contributed by atoms with Crippen molar-refractivity contribution >= 4 is 32.9 Å². The van der Waals surface area contributed by atoms with E-state index in [2.05, 4.69) is 27.0 Å². The van der Waals surface area contributed by atoms with Gasteiger partial charge in [0.2, 0.25) is 0 Å². The van der Waals surface area contributed by atoms with Crippen molar-refractivity contribution in [2.75, 3.05) is 50.5 Å². The van der Waals surface area contributed by atoms with E-state index in [0.717, 1.165) is 101 Å². The molecule has 0 bridgehead atoms. The quantitative estimate of drug-likeness (QED) is 0.578. The molecule has 1 saturated carbocycles. The molecule has 4 heterocycles. The van der Waals surface area contributed by atoms with Crippen LogP contribution in [-0.4, -0.2) is 75.8 Å². The van der Waals surface area contributed by atoms with Crippen LogP contribution in [0, 0.1) is 0 Å². The highest BCUT2D eigenvalue weighted by atomic mass is 32.2. The van der Waals surface area contributed by atoms with E-state index in [1.54, 1.807) is 6.07 Å². The van der Waals surface area contributed by atoms with E-state index in [4.69, 9.17) is 4.74 Å². The third-order valence-electron chi connectivity index (χ3n) is 6.83. The Morgan fingerprint density at radius 3 is 2.46 bits per heavy atom. The number of ether oxygens (including phenoxy) is 1. The molecule has 1 N–H and O–H groups in total. The highest BCUT2D eigenvalue weighted by molar-refractivity contribution is 7.92. The van der Waals surface area contributed by atoms with Crippen LogP contribution in [0.1, 0.15) is 69.5 Å². The molecule has 2 aromatic rings. The number of carbonyl (C=O) groups excluding carboxylic acids is 1. The van der Waals surface area contributed by atoms with E-state index in [1.165, 1.54) is 18.1 Å². The molecule has 0 unspecified atom stereocenters. The third kappa shape index (κ3) is 8.15. The molecule has 8 nitrogen and oxygen atoms in total. The maximum absolute atomic E-state index is 12.0. The van der Waals surface area contributed by atoms with Crippen LogP contribution in [0.15, 0.2) is 28.6 Å². The summed E-state index contributed by atoms with van der Waals surface area (Å²) in [5, 5.41) is 2.98. The minimum absolute atomic E-state index is 0. The maximum atomic E-state index is 12.0. The zero-order chi connectivity index (χ0) is 26.8. The van der Waals surface area contributed by atoms with Gasteiger partial charge in [-0.25, -0.2) is 13.4 Å². The molecule has 2 aliphatic heterocycles. The summed E-state index contributed by atoms with van der Waals surface area (Å²) in [5.41, 5.74) is 1.30. The van der Waals surface area contributed by atoms with Crippen LogP contribution in [0.2, 0.25) is 0 Å². The van der Waals surface area contributed by atoms with Crippen LogP contribution in [0.4, 0.5) is 5.82 Å². The lowest BCUT2D eigenvalue weighted by molar-refractivity contribution is 0.0932. The first-order valence-electron chi connectivity index (χ1n) is 13.5. The van der Waals surface area contributed by atoms with Gasteiger partial charge in [0.1, 0.15) is 15.8 Å². The van der Waals surface area contributed by atoms with Crippen molar-refractivity contribution in [3.05, 3.63) is 34.8 Å². The third-order valence-corrected chi connectivity index (χ3v) is 9.73. The first-order valence-corrected chi connectivity index (χ1v) is 16.2. The number of pyridine rings is 1. The van der Waals surface area contributed by atoms with Gasteiger partial charge in [-0.2, -0.15) is 0 Å². The summed E-state index contributed by atoms with van der Waals surface area (Å²) in [6.45, 7) is 12.6. The number of hydrogen-bond donors (Lipinski definition) is 1. The van der Waals surface area contributed by atoms with Gasteiger partial charge in [0.25, 0.3) is 5.91 Å². The lowest BCUT2D eigenvalue weighted by Gasteiger charge is -2.35. The Kier molecular flexibility index (Phi) is 11.2. The number of nitrogens with zero attached hydrogens (tertiary/aromatic N) is 3. The number of aromatic nitrogens is 1. The summed E-state index contributed by atoms with van der Waals surface area (Å²) in [4.78, 5) is 21.9. The normalized spacial score (nSPS) is 18.0. The van der Waals surface area contributed by atoms with E-state index in [-0.39, 0.29) is 17.6 Å². The molecule has 10 heteroatoms. The molecule has 1 amide bonds. The Bertz CT molecular complexity index is 1110. The molecule has 0 atom stereocenters. The molecule has 1 saturated heterocycles. The summed E-state index contributed by atoms with van der Waals surface area (Å²) in [7, 11) is -3.21. The molecular formula is C27H44N4O4S2. The Morgan fingerprint density at radius 2 is 1.84 bits per heavy atom. The van der Waals surface area contributed by atoms with Gasteiger partial charge in [-0.1, -0.05) is 40.0 Å². The smallest absolute Gasteiger partial charge is 0.261 e. The summed E-state index contributed by atoms with van der Waals surface area (Å²) in [6.07, 6.45) is 9.63. The minimum Gasteiger partial charge on any atom is -0.493 e. The van der Waals surface area contributed by atoms with Gasteiger partial charge in [-0.3, -0.25) is 4.79 Å². The molecule has 0 spiro atoms. The summed E-state index contributed by atoms with van der Waals surface area (Å²) in [6, 6.07) is 5.30. The minimum atomic E-state index is -3.21. The Morgan fingerprint density at radius 1 is 1.14 bits per heavy atom. The molecule has 208 valence electrons. The number of thiophene rings is 1. The Balaban J connectivity index is 0.000000245. The molecule has 37 heavy (non-hydrogen) atoms. The van der Waals surface area contributed by atoms with Crippen molar-refractivity contribution < 1.29 is 19.4 Å². The number of sulfone groups is 1. The van der Waals surface area contributed by atoms with E-state index in [1.807, 2.05) is 26.1 Å². The fourth-order valence-electron chi connectivity index (χ4n) is 4.79. The predicted molar refractivity (Wildman–Crippen MR) is 153 cm³/mol. The molecule has 0 aromatic carbocycles. The summed E-state index contributed by atoms with van der Waals surface area (Å²) in [5.74, 6) is 2.03. The Labute approximate surface area is 227 Å². The van der Waals surface area contributed by atoms with Gasteiger partial charge in [-0.05, 0) is 37.6 Å². The van der Waals surface area contributed by atoms with Gasteiger partial charge in [0.05, 0.1) is 11.5 Å². The van der Waals surface area contributed by atoms with E-state index < -0.39 is 9.84 Å². The van der Waals surface area contributed by atoms with E-state index in [0.29, 0.717) is 4.88 Å². The van der Waals surface area contributed by atoms with Gasteiger partial charge in [-0.15, -0.1) is 11.3 Å². The lowest BCUT2D eigenvalue weighted by atomic mass is 9.95. The molecule has 3 aliphatic rings. The monoisotopic (exact) mass is 552 g/mol. The van der Waals surface area contributed by atoms with Crippen molar-refractivity contribution in [3.63, 3.8) is 0 Å². The van der Waals surface area contributed by atoms with Gasteiger partial charge >= 0.3 is 0 Å². The highest BCUT2D eigenvalue weighted by Gasteiger charge is 2.24. The molecule has 0 radical (unpaired) electrons. The second-order valence-electron chi connectivity index (χ2n) is 9.33. The lowest BCUT2D eigenvalue weighted by Crippen LogP contribution is -2.46. The van der Waals surface area contributed by atoms with Crippen LogP contribution in [-0.2, 0) is 16.3 Å². The number of piperazine rings is 1. The highest BCUT2D eigenvalue weighted by Crippen LogP contribution is 2.32. The number of anilines is 1. The molecule has 2 aromatic heterocycles. The number of rotatable bonds is 5. The fourth-order valence-corrected chi connectivity index (χ4v) is 6.62. The van der Waals surface area contributed by atoms with Crippen molar-refractivity contribution in [1.82, 2.24) is 15.2 Å². The number of likely N-dealkylation sites (N-methyl/N-ethyl adjacent to an activating group) is 1. The standard InChI is InChI=1S/C13H19N3O.C12H17NO3S2.C2H6.H2/c1-2-15-6-8-16(9-7-15)13-11-4-10-17-12(11)3-5-14-13;1-18(15,16)11-8-7-10(17-11)12(14)13-9-5-3-2-4-6-9;1-2;/h3,5H,2,4,6-10H2,1H3;7-9H,2-6H2,1H3,(H,13,14);1-2H3;1H. The van der Waals surface area contributed by atoms with Crippen molar-refractivity contribution in [2.45, 2.75) is 69.5 Å². The molecule has 1 aliphatic carbocycles. The van der Waals surface area contributed by atoms with Crippen molar-refractivity contribution in [2.24, 2.45) is 0 Å². The number of carbonyl (C=O) groups is 1. The summed E-state index contributed by atoms with van der Waals surface area (Å²) < 4.78 is 28.5. The SMILES string of the molecule is CC.CCN1CCN(c2nccc3c2CCO3)CC1.CS(=O)(=O)c1ccc(C(=O)NC2CCCCC2)s1.[HH]. The average molecular weight is 553 g/mol. The number of nitrogens with one attached hydrogen (secondary N) is 1. The van der Waals surface area contributed by atoms with Crippen LogP contribution >= 0.6 is 11.3 Å². The molecular weight excluding hydrogens is 508 g/mol. The van der Waals surface area contributed by atoms with Crippen LogP contribution in [0.5, 0.6) is 5.75 Å². The van der Waals surface area contributed by atoms with Gasteiger partial charge in [0.15, 0.2) is 9.84 Å². The zero-order valence-electron chi connectivity index (χ0n) is 22.7. The predicted octanol–water partition coefficient (Wildman–Crippen LogP) is 4.64. The second kappa shape index (κ2) is 14.1. The first-order chi connectivity index (χ1) is 17.8. The number of hydrogen-bond acceptors (Lipinski definition) is 8. The average Bonchev–Trinajstić information content (AvgIpc) is 3.61. The van der Waals surface area contributed by atoms with Crippen LogP contribution in [0.3, 0.4) is 0 Å². The van der Waals surface area contributed by atoms with E-state index in [9.17, 15) is 13.2 Å². The number of amides is 1. The molecule has 5 rings (SSSR count). The fraction of sp³-hybridized carbons (Fsp3) is 0.630. The first kappa shape index (κ1) is 29.4. The van der Waals surface area contributed by atoms with Gasteiger partial charge in [0, 0.05) is 58.1 Å². The summed E-state index contributed by atoms with van der Waals surface area (Å²) >= 11 is 1.04. The van der Waals surface area contributed by atoms with Crippen LogP contribution < -0.4 is 15.0 Å². The van der Waals surface area contributed by atoms with Crippen LogP contribution in [0.25, 0.3) is 0 Å².